The molecule has 3 aromatic rings. The number of aromatic nitrogens is 4. The Hall–Kier alpha value is -2.25. The highest BCUT2D eigenvalue weighted by atomic mass is 32.2. The third-order valence-electron chi connectivity index (χ3n) is 3.65. The molecule has 1 aromatic carbocycles. The molecule has 1 aliphatic heterocycles. The van der Waals surface area contributed by atoms with Gasteiger partial charge >= 0.3 is 0 Å². The van der Waals surface area contributed by atoms with E-state index in [9.17, 15) is 4.39 Å². The van der Waals surface area contributed by atoms with E-state index < -0.39 is 0 Å². The van der Waals surface area contributed by atoms with E-state index in [2.05, 4.69) is 26.1 Å². The number of benzene rings is 1. The van der Waals surface area contributed by atoms with Gasteiger partial charge in [0.15, 0.2) is 11.0 Å². The summed E-state index contributed by atoms with van der Waals surface area (Å²) < 4.78 is 15.5. The quantitative estimate of drug-likeness (QED) is 0.740. The minimum Gasteiger partial charge on any atom is -0.288 e. The number of pyridine rings is 1. The van der Waals surface area contributed by atoms with E-state index in [1.165, 1.54) is 12.1 Å². The van der Waals surface area contributed by atoms with Gasteiger partial charge in [0.2, 0.25) is 0 Å². The third-order valence-corrected chi connectivity index (χ3v) is 4.70. The van der Waals surface area contributed by atoms with Gasteiger partial charge in [-0.3, -0.25) is 14.5 Å². The van der Waals surface area contributed by atoms with E-state index in [1.54, 1.807) is 24.0 Å². The second kappa shape index (κ2) is 6.10. The molecule has 5 nitrogen and oxygen atoms in total. The van der Waals surface area contributed by atoms with Crippen molar-refractivity contribution >= 4 is 11.8 Å². The molecule has 0 fully saturated rings. The van der Waals surface area contributed by atoms with Gasteiger partial charge in [-0.15, -0.1) is 10.2 Å². The largest absolute Gasteiger partial charge is 0.288 e. The minimum atomic E-state index is -0.268. The van der Waals surface area contributed by atoms with Crippen molar-refractivity contribution in [3.8, 4) is 11.4 Å². The maximum atomic E-state index is 13.5. The zero-order valence-corrected chi connectivity index (χ0v) is 13.1. The van der Waals surface area contributed by atoms with Crippen LogP contribution in [0.2, 0.25) is 0 Å². The topological polar surface area (TPSA) is 46.8 Å². The molecule has 0 amide bonds. The van der Waals surface area contributed by atoms with Crippen LogP contribution in [-0.2, 0) is 13.2 Å². The van der Waals surface area contributed by atoms with Gasteiger partial charge in [-0.25, -0.2) is 4.39 Å². The van der Waals surface area contributed by atoms with Crippen molar-refractivity contribution in [1.29, 1.82) is 0 Å². The van der Waals surface area contributed by atoms with Gasteiger partial charge in [0.1, 0.15) is 5.82 Å². The Morgan fingerprint density at radius 1 is 1.17 bits per heavy atom. The van der Waals surface area contributed by atoms with E-state index in [0.29, 0.717) is 12.5 Å². The van der Waals surface area contributed by atoms with Crippen LogP contribution in [0.5, 0.6) is 0 Å². The number of thioether (sulfide) groups is 1. The van der Waals surface area contributed by atoms with Gasteiger partial charge in [0.25, 0.3) is 0 Å². The maximum absolute atomic E-state index is 13.5. The molecule has 0 saturated heterocycles. The van der Waals surface area contributed by atoms with E-state index in [0.717, 1.165) is 28.7 Å². The molecule has 0 saturated carbocycles. The number of fused-ring (bicyclic) bond motifs is 1. The third kappa shape index (κ3) is 2.97. The fourth-order valence-corrected chi connectivity index (χ4v) is 3.47. The lowest BCUT2D eigenvalue weighted by molar-refractivity contribution is 0.231. The first-order valence-corrected chi connectivity index (χ1v) is 8.21. The van der Waals surface area contributed by atoms with Crippen LogP contribution in [0.15, 0.2) is 53.9 Å². The van der Waals surface area contributed by atoms with Crippen LogP contribution >= 0.6 is 11.8 Å². The summed E-state index contributed by atoms with van der Waals surface area (Å²) >= 11 is 1.64. The lowest BCUT2D eigenvalue weighted by atomic mass is 10.2. The number of hydrogen-bond donors (Lipinski definition) is 0. The highest BCUT2D eigenvalue weighted by Crippen LogP contribution is 2.29. The van der Waals surface area contributed by atoms with E-state index in [4.69, 9.17) is 0 Å². The van der Waals surface area contributed by atoms with Gasteiger partial charge in [-0.05, 0) is 23.8 Å². The second-order valence-corrected chi connectivity index (χ2v) is 6.26. The van der Waals surface area contributed by atoms with E-state index in [1.807, 2.05) is 22.9 Å². The summed E-state index contributed by atoms with van der Waals surface area (Å²) in [6.45, 7) is 1.48. The van der Waals surface area contributed by atoms with E-state index >= 15 is 0 Å². The van der Waals surface area contributed by atoms with Crippen LogP contribution in [0.1, 0.15) is 5.56 Å². The molecule has 0 atom stereocenters. The Morgan fingerprint density at radius 3 is 2.96 bits per heavy atom. The number of nitrogens with zero attached hydrogens (tertiary/aromatic N) is 5. The van der Waals surface area contributed by atoms with Crippen LogP contribution in [0.4, 0.5) is 4.39 Å². The predicted molar refractivity (Wildman–Crippen MR) is 85.9 cm³/mol. The van der Waals surface area contributed by atoms with E-state index in [-0.39, 0.29) is 5.82 Å². The Balaban J connectivity index is 1.60. The summed E-state index contributed by atoms with van der Waals surface area (Å²) in [5.74, 6) is 1.27. The lowest BCUT2D eigenvalue weighted by Crippen LogP contribution is -2.30. The molecule has 0 bridgehead atoms. The molecule has 1 aliphatic rings. The standard InChI is InChI=1S/C16H14FN5S/c17-14-5-1-4-13(7-14)15-19-20-16-22(15)10-21(11-23-16)9-12-3-2-6-18-8-12/h1-8H,9-11H2. The monoisotopic (exact) mass is 327 g/mol. The molecule has 4 rings (SSSR count). The molecule has 0 radical (unpaired) electrons. The first kappa shape index (κ1) is 14.3. The Bertz CT molecular complexity index is 820. The molecule has 3 heterocycles. The maximum Gasteiger partial charge on any atom is 0.193 e. The second-order valence-electron chi connectivity index (χ2n) is 5.35. The summed E-state index contributed by atoms with van der Waals surface area (Å²) in [7, 11) is 0. The normalized spacial score (nSPS) is 14.7. The Labute approximate surface area is 137 Å². The van der Waals surface area contributed by atoms with Crippen LogP contribution in [-0.4, -0.2) is 30.5 Å². The van der Waals surface area contributed by atoms with Gasteiger partial charge in [-0.1, -0.05) is 30.0 Å². The fourth-order valence-electron chi connectivity index (χ4n) is 2.60. The summed E-state index contributed by atoms with van der Waals surface area (Å²) in [6.07, 6.45) is 3.65. The zero-order chi connectivity index (χ0) is 15.6. The molecular weight excluding hydrogens is 313 g/mol. The Morgan fingerprint density at radius 2 is 2.13 bits per heavy atom. The van der Waals surface area contributed by atoms with Crippen molar-refractivity contribution in [3.63, 3.8) is 0 Å². The molecule has 116 valence electrons. The predicted octanol–water partition coefficient (Wildman–Crippen LogP) is 3.00. The highest BCUT2D eigenvalue weighted by Gasteiger charge is 2.22. The average Bonchev–Trinajstić information content (AvgIpc) is 2.99. The first-order valence-electron chi connectivity index (χ1n) is 7.23. The van der Waals surface area contributed by atoms with Crippen molar-refractivity contribution in [2.45, 2.75) is 18.4 Å². The molecule has 2 aromatic heterocycles. The SMILES string of the molecule is Fc1cccc(-c2nnc3n2CN(Cc2cccnc2)CS3)c1. The fraction of sp³-hybridized carbons (Fsp3) is 0.188. The van der Waals surface area contributed by atoms with Gasteiger partial charge in [-0.2, -0.15) is 0 Å². The average molecular weight is 327 g/mol. The molecule has 0 unspecified atom stereocenters. The van der Waals surface area contributed by atoms with Crippen LogP contribution in [0, 0.1) is 5.82 Å². The number of halogens is 1. The van der Waals surface area contributed by atoms with Crippen LogP contribution < -0.4 is 0 Å². The smallest absolute Gasteiger partial charge is 0.193 e. The van der Waals surface area contributed by atoms with Crippen LogP contribution in [0.3, 0.4) is 0 Å². The first-order chi connectivity index (χ1) is 11.3. The summed E-state index contributed by atoms with van der Waals surface area (Å²) in [4.78, 5) is 6.43. The molecule has 7 heteroatoms. The molecule has 0 aliphatic carbocycles. The molecule has 0 spiro atoms. The van der Waals surface area contributed by atoms with Crippen molar-refractivity contribution in [3.05, 3.63) is 60.2 Å². The van der Waals surface area contributed by atoms with Crippen molar-refractivity contribution in [1.82, 2.24) is 24.6 Å². The highest BCUT2D eigenvalue weighted by molar-refractivity contribution is 7.99. The van der Waals surface area contributed by atoms with Gasteiger partial charge in [0, 0.05) is 24.5 Å². The minimum absolute atomic E-state index is 0.268. The Kier molecular flexibility index (Phi) is 3.80. The van der Waals surface area contributed by atoms with Gasteiger partial charge < -0.3 is 0 Å². The number of hydrogen-bond acceptors (Lipinski definition) is 5. The van der Waals surface area contributed by atoms with Crippen molar-refractivity contribution in [2.75, 3.05) is 5.88 Å². The number of rotatable bonds is 3. The summed E-state index contributed by atoms with van der Waals surface area (Å²) in [5, 5.41) is 9.32. The molecule has 0 N–H and O–H groups in total. The summed E-state index contributed by atoms with van der Waals surface area (Å²) in [5.41, 5.74) is 1.91. The zero-order valence-electron chi connectivity index (χ0n) is 12.3. The van der Waals surface area contributed by atoms with Crippen molar-refractivity contribution in [2.24, 2.45) is 0 Å². The summed E-state index contributed by atoms with van der Waals surface area (Å²) in [6, 6.07) is 10.5. The van der Waals surface area contributed by atoms with Gasteiger partial charge in [0.05, 0.1) is 12.5 Å². The lowest BCUT2D eigenvalue weighted by Gasteiger charge is -2.27. The van der Waals surface area contributed by atoms with Crippen molar-refractivity contribution < 1.29 is 4.39 Å². The molecular formula is C16H14FN5S. The van der Waals surface area contributed by atoms with Crippen LogP contribution in [0.25, 0.3) is 11.4 Å². The molecule has 23 heavy (non-hydrogen) atoms.